The molecule has 1 amide bonds. The number of nitrogens with one attached hydrogen (secondary N) is 1. The Balaban J connectivity index is 1.10. The van der Waals surface area contributed by atoms with Crippen molar-refractivity contribution in [3.63, 3.8) is 0 Å². The molecule has 3 saturated carbocycles. The van der Waals surface area contributed by atoms with Crippen LogP contribution in [0.25, 0.3) is 5.69 Å². The minimum Gasteiger partial charge on any atom is -0.480 e. The quantitative estimate of drug-likeness (QED) is 0.595. The molecule has 2 N–H and O–H groups in total. The van der Waals surface area contributed by atoms with Crippen molar-refractivity contribution in [3.8, 4) is 11.4 Å². The number of ether oxygens (including phenoxy) is 1. The Hall–Kier alpha value is -2.54. The van der Waals surface area contributed by atoms with Crippen molar-refractivity contribution < 1.29 is 14.6 Å². The van der Waals surface area contributed by atoms with Crippen LogP contribution in [0.15, 0.2) is 54.9 Å². The zero-order valence-electron chi connectivity index (χ0n) is 17.1. The first-order chi connectivity index (χ1) is 15.3. The minimum absolute atomic E-state index is 0.0776. The van der Waals surface area contributed by atoms with E-state index < -0.39 is 12.2 Å². The van der Waals surface area contributed by atoms with Gasteiger partial charge >= 0.3 is 0 Å². The number of aromatic nitrogens is 2. The summed E-state index contributed by atoms with van der Waals surface area (Å²) in [6, 6.07) is 12.7. The smallest absolute Gasteiger partial charge is 0.261 e. The highest BCUT2D eigenvalue weighted by Gasteiger charge is 2.69. The largest absolute Gasteiger partial charge is 0.480 e. The Morgan fingerprint density at radius 1 is 1.12 bits per heavy atom. The number of aliphatic hydroxyl groups excluding tert-OH is 1. The predicted octanol–water partition coefficient (Wildman–Crippen LogP) is 4.35. The minimum atomic E-state index is -0.772. The molecule has 1 aromatic heterocycles. The fourth-order valence-corrected chi connectivity index (χ4v) is 5.79. The summed E-state index contributed by atoms with van der Waals surface area (Å²) in [4.78, 5) is 12.9. The van der Waals surface area contributed by atoms with Crippen molar-refractivity contribution in [2.45, 2.75) is 48.8 Å². The molecule has 4 aliphatic rings. The number of carbonyl (C=O) groups excluding carboxylic acids is 1. The number of hydrogen-bond acceptors (Lipinski definition) is 4. The second-order valence-electron chi connectivity index (χ2n) is 9.27. The van der Waals surface area contributed by atoms with Crippen molar-refractivity contribution in [1.82, 2.24) is 15.1 Å². The van der Waals surface area contributed by atoms with Crippen LogP contribution in [-0.2, 0) is 10.2 Å². The van der Waals surface area contributed by atoms with Gasteiger partial charge in [0.1, 0.15) is 5.75 Å². The monoisotopic (exact) mass is 469 g/mol. The molecule has 2 bridgehead atoms. The third-order valence-corrected chi connectivity index (χ3v) is 7.52. The molecule has 3 aromatic rings. The number of nitrogens with zero attached hydrogens (tertiary/aromatic N) is 2. The number of rotatable bonds is 4. The average Bonchev–Trinajstić information content (AvgIpc) is 3.20. The summed E-state index contributed by atoms with van der Waals surface area (Å²) in [5.41, 5.74) is 2.68. The van der Waals surface area contributed by atoms with Crippen molar-refractivity contribution in [2.75, 3.05) is 0 Å². The van der Waals surface area contributed by atoms with Crippen molar-refractivity contribution >= 4 is 29.1 Å². The first kappa shape index (κ1) is 20.1. The summed E-state index contributed by atoms with van der Waals surface area (Å²) in [5, 5.41) is 19.4. The van der Waals surface area contributed by atoms with Crippen LogP contribution in [-0.4, -0.2) is 32.4 Å². The summed E-state index contributed by atoms with van der Waals surface area (Å²) in [7, 11) is 0. The first-order valence-electron chi connectivity index (χ1n) is 10.6. The van der Waals surface area contributed by atoms with E-state index in [1.807, 2.05) is 35.1 Å². The molecule has 32 heavy (non-hydrogen) atoms. The Morgan fingerprint density at radius 3 is 2.59 bits per heavy atom. The lowest BCUT2D eigenvalue weighted by Crippen LogP contribution is -2.77. The number of aliphatic hydroxyl groups is 1. The standard InChI is InChI=1S/C24H21Cl2N3O3/c25-15-1-4-17(5-2-15)29-10-14(9-27-29)23-11-24(12-23,13-23)28-22(31)21-8-19(30)18-7-16(26)3-6-20(18)32-21/h1-7,9-10,19,21,30H,8,11-13H2,(H,28,31)/t19-,21-,23?,24?/m1/s1. The van der Waals surface area contributed by atoms with E-state index >= 15 is 0 Å². The first-order valence-corrected chi connectivity index (χ1v) is 11.4. The van der Waals surface area contributed by atoms with Crippen LogP contribution in [0.4, 0.5) is 0 Å². The topological polar surface area (TPSA) is 76.4 Å². The lowest BCUT2D eigenvalue weighted by atomic mass is 9.37. The van der Waals surface area contributed by atoms with Gasteiger partial charge in [0.25, 0.3) is 5.91 Å². The molecule has 3 fully saturated rings. The van der Waals surface area contributed by atoms with Crippen molar-refractivity contribution in [2.24, 2.45) is 0 Å². The van der Waals surface area contributed by atoms with Gasteiger partial charge in [-0.1, -0.05) is 23.2 Å². The summed E-state index contributed by atoms with van der Waals surface area (Å²) < 4.78 is 7.73. The number of halogens is 2. The zero-order valence-corrected chi connectivity index (χ0v) is 18.6. The van der Waals surface area contributed by atoms with Gasteiger partial charge in [-0.2, -0.15) is 5.10 Å². The molecule has 7 rings (SSSR count). The van der Waals surface area contributed by atoms with Gasteiger partial charge in [-0.15, -0.1) is 0 Å². The Labute approximate surface area is 195 Å². The highest BCUT2D eigenvalue weighted by atomic mass is 35.5. The van der Waals surface area contributed by atoms with E-state index in [1.54, 1.807) is 18.2 Å². The van der Waals surface area contributed by atoms with E-state index in [-0.39, 0.29) is 23.3 Å². The number of fused-ring (bicyclic) bond motifs is 1. The van der Waals surface area contributed by atoms with Crippen LogP contribution < -0.4 is 10.1 Å². The summed E-state index contributed by atoms with van der Waals surface area (Å²) in [6.45, 7) is 0. The maximum absolute atomic E-state index is 12.9. The van der Waals surface area contributed by atoms with E-state index in [9.17, 15) is 9.90 Å². The molecule has 164 valence electrons. The Bertz CT molecular complexity index is 1200. The highest BCUT2D eigenvalue weighted by Crippen LogP contribution is 2.67. The zero-order chi connectivity index (χ0) is 22.1. The van der Waals surface area contributed by atoms with Crippen LogP contribution in [0.5, 0.6) is 5.75 Å². The maximum Gasteiger partial charge on any atom is 0.261 e. The molecule has 3 aliphatic carbocycles. The van der Waals surface area contributed by atoms with E-state index in [1.165, 1.54) is 5.56 Å². The second-order valence-corrected chi connectivity index (χ2v) is 10.1. The van der Waals surface area contributed by atoms with E-state index in [0.29, 0.717) is 21.4 Å². The number of benzene rings is 2. The van der Waals surface area contributed by atoms with Crippen LogP contribution in [0.1, 0.15) is 42.9 Å². The van der Waals surface area contributed by atoms with Gasteiger partial charge in [-0.25, -0.2) is 4.68 Å². The molecule has 0 saturated heterocycles. The molecular weight excluding hydrogens is 449 g/mol. The van der Waals surface area contributed by atoms with Gasteiger partial charge in [0.2, 0.25) is 0 Å². The van der Waals surface area contributed by atoms with Gasteiger partial charge in [-0.3, -0.25) is 4.79 Å². The van der Waals surface area contributed by atoms with Crippen molar-refractivity contribution in [3.05, 3.63) is 76.0 Å². The lowest BCUT2D eigenvalue weighted by Gasteiger charge is -2.70. The Kier molecular flexibility index (Phi) is 4.38. The molecule has 6 nitrogen and oxygen atoms in total. The molecule has 2 aromatic carbocycles. The van der Waals surface area contributed by atoms with Gasteiger partial charge in [0.05, 0.1) is 18.0 Å². The molecule has 1 aliphatic heterocycles. The van der Waals surface area contributed by atoms with Crippen molar-refractivity contribution in [1.29, 1.82) is 0 Å². The molecule has 0 radical (unpaired) electrons. The van der Waals surface area contributed by atoms with Crippen LogP contribution in [0, 0.1) is 0 Å². The van der Waals surface area contributed by atoms with Gasteiger partial charge < -0.3 is 15.2 Å². The van der Waals surface area contributed by atoms with Crippen LogP contribution >= 0.6 is 23.2 Å². The molecular formula is C24H21Cl2N3O3. The normalized spacial score (nSPS) is 29.8. The maximum atomic E-state index is 12.9. The molecule has 8 heteroatoms. The third-order valence-electron chi connectivity index (χ3n) is 7.03. The fraction of sp³-hybridized carbons (Fsp3) is 0.333. The second kappa shape index (κ2) is 6.98. The number of carbonyl (C=O) groups is 1. The SMILES string of the molecule is O=C(NC12CC(c3cnn(-c4ccc(Cl)cc4)c3)(C1)C2)[C@H]1C[C@@H](O)c2cc(Cl)ccc2O1. The molecule has 2 heterocycles. The summed E-state index contributed by atoms with van der Waals surface area (Å²) in [5.74, 6) is 0.340. The van der Waals surface area contributed by atoms with Gasteiger partial charge in [0.15, 0.2) is 6.10 Å². The van der Waals surface area contributed by atoms with E-state index in [4.69, 9.17) is 27.9 Å². The molecule has 0 unspecified atom stereocenters. The Morgan fingerprint density at radius 2 is 1.84 bits per heavy atom. The number of amides is 1. The van der Waals surface area contributed by atoms with E-state index in [0.717, 1.165) is 24.9 Å². The van der Waals surface area contributed by atoms with Gasteiger partial charge in [-0.05, 0) is 67.3 Å². The highest BCUT2D eigenvalue weighted by molar-refractivity contribution is 6.30. The lowest BCUT2D eigenvalue weighted by molar-refractivity contribution is -0.146. The number of hydrogen-bond donors (Lipinski definition) is 2. The fourth-order valence-electron chi connectivity index (χ4n) is 5.48. The summed E-state index contributed by atoms with van der Waals surface area (Å²) in [6.07, 6.45) is 5.38. The molecule has 2 atom stereocenters. The van der Waals surface area contributed by atoms with Crippen LogP contribution in [0.3, 0.4) is 0 Å². The van der Waals surface area contributed by atoms with Gasteiger partial charge in [0, 0.05) is 39.2 Å². The van der Waals surface area contributed by atoms with E-state index in [2.05, 4.69) is 16.6 Å². The predicted molar refractivity (Wildman–Crippen MR) is 120 cm³/mol. The average molecular weight is 470 g/mol. The summed E-state index contributed by atoms with van der Waals surface area (Å²) >= 11 is 12.0. The third kappa shape index (κ3) is 3.12. The molecule has 0 spiro atoms. The van der Waals surface area contributed by atoms with Crippen LogP contribution in [0.2, 0.25) is 10.0 Å².